The molecule has 2 rings (SSSR count). The Morgan fingerprint density at radius 1 is 1.56 bits per heavy atom. The molecule has 0 saturated carbocycles. The van der Waals surface area contributed by atoms with E-state index in [0.29, 0.717) is 6.54 Å². The van der Waals surface area contributed by atoms with Crippen molar-refractivity contribution in [2.24, 2.45) is 0 Å². The van der Waals surface area contributed by atoms with E-state index < -0.39 is 0 Å². The van der Waals surface area contributed by atoms with E-state index in [-0.39, 0.29) is 24.4 Å². The molecule has 0 radical (unpaired) electrons. The van der Waals surface area contributed by atoms with Gasteiger partial charge in [0.25, 0.3) is 0 Å². The van der Waals surface area contributed by atoms with Crippen molar-refractivity contribution in [3.63, 3.8) is 0 Å². The average molecular weight is 271 g/mol. The Balaban J connectivity index is 0.00000162. The highest BCUT2D eigenvalue weighted by atomic mass is 35.5. The molecular formula is C12H19ClN4O. The number of rotatable bonds is 4. The number of carbonyl (C=O) groups is 1. The Morgan fingerprint density at radius 2 is 2.39 bits per heavy atom. The van der Waals surface area contributed by atoms with Crippen molar-refractivity contribution < 1.29 is 4.79 Å². The van der Waals surface area contributed by atoms with Gasteiger partial charge in [-0.1, -0.05) is 6.07 Å². The fourth-order valence-electron chi connectivity index (χ4n) is 2.07. The maximum atomic E-state index is 11.4. The van der Waals surface area contributed by atoms with Crippen LogP contribution >= 0.6 is 12.4 Å². The Hall–Kier alpha value is -1.33. The summed E-state index contributed by atoms with van der Waals surface area (Å²) in [5, 5.41) is 5.85. The monoisotopic (exact) mass is 270 g/mol. The molecule has 1 aliphatic heterocycles. The SMILES string of the molecule is CNCC(=O)NC1CCN(c2ccccn2)C1.Cl. The van der Waals surface area contributed by atoms with Gasteiger partial charge in [0.2, 0.25) is 5.91 Å². The molecule has 2 heterocycles. The van der Waals surface area contributed by atoms with Crippen LogP contribution in [0.2, 0.25) is 0 Å². The Kier molecular flexibility index (Phi) is 5.88. The molecule has 5 nitrogen and oxygen atoms in total. The number of nitrogens with one attached hydrogen (secondary N) is 2. The second-order valence-corrected chi connectivity index (χ2v) is 4.22. The van der Waals surface area contributed by atoms with Crippen LogP contribution < -0.4 is 15.5 Å². The van der Waals surface area contributed by atoms with E-state index in [2.05, 4.69) is 20.5 Å². The summed E-state index contributed by atoms with van der Waals surface area (Å²) in [5.41, 5.74) is 0. The number of hydrogen-bond acceptors (Lipinski definition) is 4. The number of aromatic nitrogens is 1. The molecule has 0 spiro atoms. The first-order valence-corrected chi connectivity index (χ1v) is 5.89. The van der Waals surface area contributed by atoms with Crippen LogP contribution in [0.15, 0.2) is 24.4 Å². The van der Waals surface area contributed by atoms with E-state index in [1.165, 1.54) is 0 Å². The van der Waals surface area contributed by atoms with Crippen molar-refractivity contribution in [1.82, 2.24) is 15.6 Å². The third-order valence-electron chi connectivity index (χ3n) is 2.86. The lowest BCUT2D eigenvalue weighted by atomic mass is 10.2. The van der Waals surface area contributed by atoms with E-state index in [9.17, 15) is 4.79 Å². The van der Waals surface area contributed by atoms with E-state index in [1.54, 1.807) is 13.2 Å². The quantitative estimate of drug-likeness (QED) is 0.833. The number of likely N-dealkylation sites (N-methyl/N-ethyl adjacent to an activating group) is 1. The number of nitrogens with zero attached hydrogens (tertiary/aromatic N) is 2. The fraction of sp³-hybridized carbons (Fsp3) is 0.500. The van der Waals surface area contributed by atoms with Crippen molar-refractivity contribution in [1.29, 1.82) is 0 Å². The molecule has 1 aliphatic rings. The molecule has 6 heteroatoms. The minimum absolute atomic E-state index is 0. The summed E-state index contributed by atoms with van der Waals surface area (Å²) >= 11 is 0. The van der Waals surface area contributed by atoms with Gasteiger partial charge in [-0.15, -0.1) is 12.4 Å². The van der Waals surface area contributed by atoms with Gasteiger partial charge in [0.05, 0.1) is 6.54 Å². The van der Waals surface area contributed by atoms with Gasteiger partial charge in [-0.2, -0.15) is 0 Å². The second kappa shape index (κ2) is 7.18. The third kappa shape index (κ3) is 3.85. The topological polar surface area (TPSA) is 57.3 Å². The lowest BCUT2D eigenvalue weighted by Crippen LogP contribution is -2.41. The lowest BCUT2D eigenvalue weighted by molar-refractivity contribution is -0.120. The van der Waals surface area contributed by atoms with Crippen LogP contribution in [0.4, 0.5) is 5.82 Å². The number of hydrogen-bond donors (Lipinski definition) is 2. The molecule has 18 heavy (non-hydrogen) atoms. The molecule has 1 aromatic rings. The summed E-state index contributed by atoms with van der Waals surface area (Å²) in [7, 11) is 1.77. The highest BCUT2D eigenvalue weighted by molar-refractivity contribution is 5.85. The molecule has 100 valence electrons. The molecule has 1 saturated heterocycles. The number of carbonyl (C=O) groups excluding carboxylic acids is 1. The van der Waals surface area contributed by atoms with Crippen LogP contribution in [0.1, 0.15) is 6.42 Å². The standard InChI is InChI=1S/C12H18N4O.ClH/c1-13-8-12(17)15-10-5-7-16(9-10)11-4-2-3-6-14-11;/h2-4,6,10,13H,5,7-9H2,1H3,(H,15,17);1H. The van der Waals surface area contributed by atoms with Crippen LogP contribution in [-0.4, -0.2) is 43.6 Å². The van der Waals surface area contributed by atoms with Crippen molar-refractivity contribution in [2.45, 2.75) is 12.5 Å². The van der Waals surface area contributed by atoms with Gasteiger partial charge in [-0.05, 0) is 25.6 Å². The summed E-state index contributed by atoms with van der Waals surface area (Å²) in [6.45, 7) is 2.16. The number of amides is 1. The van der Waals surface area contributed by atoms with Gasteiger partial charge in [0.15, 0.2) is 0 Å². The van der Waals surface area contributed by atoms with E-state index >= 15 is 0 Å². The predicted octanol–water partition coefficient (Wildman–Crippen LogP) is 0.418. The Bertz CT molecular complexity index is 374. The molecule has 1 unspecified atom stereocenters. The lowest BCUT2D eigenvalue weighted by Gasteiger charge is -2.17. The molecule has 0 aromatic carbocycles. The summed E-state index contributed by atoms with van der Waals surface area (Å²) < 4.78 is 0. The molecule has 1 atom stereocenters. The largest absolute Gasteiger partial charge is 0.354 e. The van der Waals surface area contributed by atoms with Crippen molar-refractivity contribution in [3.8, 4) is 0 Å². The molecule has 1 amide bonds. The maximum absolute atomic E-state index is 11.4. The van der Waals surface area contributed by atoms with Crippen molar-refractivity contribution in [3.05, 3.63) is 24.4 Å². The van der Waals surface area contributed by atoms with Gasteiger partial charge in [0.1, 0.15) is 5.82 Å². The Labute approximate surface area is 113 Å². The van der Waals surface area contributed by atoms with E-state index in [1.807, 2.05) is 18.2 Å². The first kappa shape index (κ1) is 14.7. The number of anilines is 1. The van der Waals surface area contributed by atoms with Crippen LogP contribution in [0.5, 0.6) is 0 Å². The highest BCUT2D eigenvalue weighted by Gasteiger charge is 2.24. The van der Waals surface area contributed by atoms with Gasteiger partial charge < -0.3 is 15.5 Å². The van der Waals surface area contributed by atoms with Crippen LogP contribution in [-0.2, 0) is 4.79 Å². The Morgan fingerprint density at radius 3 is 3.06 bits per heavy atom. The van der Waals surface area contributed by atoms with Crippen molar-refractivity contribution >= 4 is 24.1 Å². The van der Waals surface area contributed by atoms with E-state index in [4.69, 9.17) is 0 Å². The highest BCUT2D eigenvalue weighted by Crippen LogP contribution is 2.16. The van der Waals surface area contributed by atoms with Gasteiger partial charge in [-0.25, -0.2) is 4.98 Å². The second-order valence-electron chi connectivity index (χ2n) is 4.22. The zero-order chi connectivity index (χ0) is 12.1. The fourth-order valence-corrected chi connectivity index (χ4v) is 2.07. The number of pyridine rings is 1. The minimum atomic E-state index is 0. The zero-order valence-electron chi connectivity index (χ0n) is 10.4. The normalized spacial score (nSPS) is 18.3. The molecular weight excluding hydrogens is 252 g/mol. The molecule has 1 aromatic heterocycles. The molecule has 0 bridgehead atoms. The predicted molar refractivity (Wildman–Crippen MR) is 74.2 cm³/mol. The zero-order valence-corrected chi connectivity index (χ0v) is 11.2. The number of halogens is 1. The summed E-state index contributed by atoms with van der Waals surface area (Å²) in [5.74, 6) is 1.04. The van der Waals surface area contributed by atoms with Crippen LogP contribution in [0.3, 0.4) is 0 Å². The summed E-state index contributed by atoms with van der Waals surface area (Å²) in [6.07, 6.45) is 2.77. The summed E-state index contributed by atoms with van der Waals surface area (Å²) in [4.78, 5) is 17.9. The van der Waals surface area contributed by atoms with Crippen molar-refractivity contribution in [2.75, 3.05) is 31.6 Å². The first-order valence-electron chi connectivity index (χ1n) is 5.89. The molecule has 2 N–H and O–H groups in total. The van der Waals surface area contributed by atoms with Gasteiger partial charge >= 0.3 is 0 Å². The van der Waals surface area contributed by atoms with Gasteiger partial charge in [0, 0.05) is 25.3 Å². The third-order valence-corrected chi connectivity index (χ3v) is 2.86. The van der Waals surface area contributed by atoms with Gasteiger partial charge in [-0.3, -0.25) is 4.79 Å². The smallest absolute Gasteiger partial charge is 0.234 e. The molecule has 0 aliphatic carbocycles. The van der Waals surface area contributed by atoms with Crippen LogP contribution in [0.25, 0.3) is 0 Å². The van der Waals surface area contributed by atoms with Crippen LogP contribution in [0, 0.1) is 0 Å². The van der Waals surface area contributed by atoms with E-state index in [0.717, 1.165) is 25.3 Å². The average Bonchev–Trinajstić information content (AvgIpc) is 2.79. The summed E-state index contributed by atoms with van der Waals surface area (Å²) in [6, 6.07) is 6.12. The maximum Gasteiger partial charge on any atom is 0.234 e. The molecule has 1 fully saturated rings. The first-order chi connectivity index (χ1) is 8.29. The minimum Gasteiger partial charge on any atom is -0.354 e.